The first kappa shape index (κ1) is 17.7. The highest BCUT2D eigenvalue weighted by Gasteiger charge is 2.19. The van der Waals surface area contributed by atoms with Gasteiger partial charge in [-0.2, -0.15) is 5.10 Å². The highest BCUT2D eigenvalue weighted by atomic mass is 16.1. The quantitative estimate of drug-likeness (QED) is 0.843. The Kier molecular flexibility index (Phi) is 6.23. The second-order valence-corrected chi connectivity index (χ2v) is 6.88. The zero-order valence-corrected chi connectivity index (χ0v) is 15.0. The molecule has 3 rings (SSSR count). The van der Waals surface area contributed by atoms with Crippen LogP contribution in [0.1, 0.15) is 43.7 Å². The molecule has 1 aromatic carbocycles. The van der Waals surface area contributed by atoms with Crippen LogP contribution >= 0.6 is 0 Å². The molecule has 5 nitrogen and oxygen atoms in total. The van der Waals surface area contributed by atoms with Crippen LogP contribution < -0.4 is 5.32 Å². The summed E-state index contributed by atoms with van der Waals surface area (Å²) < 4.78 is 1.78. The highest BCUT2D eigenvalue weighted by Crippen LogP contribution is 2.20. The van der Waals surface area contributed by atoms with Crippen molar-refractivity contribution in [3.8, 4) is 0 Å². The molecule has 5 heteroatoms. The van der Waals surface area contributed by atoms with Crippen LogP contribution in [0.25, 0.3) is 0 Å². The summed E-state index contributed by atoms with van der Waals surface area (Å²) >= 11 is 0. The molecule has 1 N–H and O–H groups in total. The molecule has 1 unspecified atom stereocenters. The van der Waals surface area contributed by atoms with E-state index in [1.807, 2.05) is 18.3 Å². The summed E-state index contributed by atoms with van der Waals surface area (Å²) in [7, 11) is 0. The second-order valence-electron chi connectivity index (χ2n) is 6.88. The first-order valence-electron chi connectivity index (χ1n) is 9.27. The van der Waals surface area contributed by atoms with E-state index in [-0.39, 0.29) is 5.91 Å². The maximum Gasteiger partial charge on any atom is 0.222 e. The highest BCUT2D eigenvalue weighted by molar-refractivity contribution is 5.75. The van der Waals surface area contributed by atoms with Crippen LogP contribution in [0.4, 0.5) is 0 Å². The van der Waals surface area contributed by atoms with Gasteiger partial charge >= 0.3 is 0 Å². The average molecular weight is 340 g/mol. The molecule has 0 spiro atoms. The molecule has 1 atom stereocenters. The first-order valence-corrected chi connectivity index (χ1v) is 9.27. The maximum absolute atomic E-state index is 12.1. The molecule has 0 aliphatic carbocycles. The van der Waals surface area contributed by atoms with Gasteiger partial charge in [0.1, 0.15) is 0 Å². The van der Waals surface area contributed by atoms with Crippen molar-refractivity contribution >= 4 is 5.91 Å². The van der Waals surface area contributed by atoms with E-state index in [4.69, 9.17) is 0 Å². The molecule has 1 amide bonds. The van der Waals surface area contributed by atoms with Gasteiger partial charge in [-0.3, -0.25) is 14.4 Å². The van der Waals surface area contributed by atoms with Crippen molar-refractivity contribution in [3.05, 3.63) is 53.9 Å². The van der Waals surface area contributed by atoms with Gasteiger partial charge in [0.05, 0.1) is 0 Å². The zero-order chi connectivity index (χ0) is 17.5. The number of aryl methyl sites for hydroxylation is 1. The van der Waals surface area contributed by atoms with E-state index in [9.17, 15) is 4.79 Å². The lowest BCUT2D eigenvalue weighted by Gasteiger charge is -2.33. The van der Waals surface area contributed by atoms with Gasteiger partial charge in [-0.15, -0.1) is 0 Å². The van der Waals surface area contributed by atoms with Crippen molar-refractivity contribution in [2.75, 3.05) is 6.54 Å². The summed E-state index contributed by atoms with van der Waals surface area (Å²) in [5, 5.41) is 7.18. The third-order valence-corrected chi connectivity index (χ3v) is 5.04. The predicted octanol–water partition coefficient (Wildman–Crippen LogP) is 2.96. The number of benzene rings is 1. The number of carbonyl (C=O) groups excluding carboxylic acids is 1. The summed E-state index contributed by atoms with van der Waals surface area (Å²) in [6.45, 7) is 5.67. The Hall–Kier alpha value is -2.14. The molecule has 2 aromatic rings. The first-order chi connectivity index (χ1) is 12.2. The van der Waals surface area contributed by atoms with Gasteiger partial charge < -0.3 is 5.32 Å². The molecule has 2 heterocycles. The molecule has 0 saturated carbocycles. The monoisotopic (exact) mass is 340 g/mol. The number of carbonyl (C=O) groups is 1. The number of likely N-dealkylation sites (tertiary alicyclic amines) is 1. The average Bonchev–Trinajstić information content (AvgIpc) is 3.15. The number of aromatic nitrogens is 2. The van der Waals surface area contributed by atoms with Crippen molar-refractivity contribution in [1.82, 2.24) is 20.0 Å². The normalized spacial score (nSPS) is 18.2. The van der Waals surface area contributed by atoms with E-state index in [2.05, 4.69) is 40.4 Å². The standard InChI is InChI=1S/C20H28N4O/c1-17-7-4-5-12-23(17)16-19-9-3-2-8-18(19)15-21-20(25)10-14-24-13-6-11-22-24/h2-3,6,8-9,11,13,17H,4-5,7,10,12,14-16H2,1H3,(H,21,25). The van der Waals surface area contributed by atoms with Gasteiger partial charge in [0.15, 0.2) is 0 Å². The van der Waals surface area contributed by atoms with Crippen molar-refractivity contribution < 1.29 is 4.79 Å². The number of amides is 1. The Morgan fingerprint density at radius 3 is 2.84 bits per heavy atom. The fraction of sp³-hybridized carbons (Fsp3) is 0.500. The van der Waals surface area contributed by atoms with E-state index in [0.717, 1.165) is 6.54 Å². The number of hydrogen-bond acceptors (Lipinski definition) is 3. The Balaban J connectivity index is 1.52. The fourth-order valence-electron chi connectivity index (χ4n) is 3.43. The van der Waals surface area contributed by atoms with Crippen molar-refractivity contribution in [1.29, 1.82) is 0 Å². The molecule has 134 valence electrons. The molecule has 1 aliphatic rings. The predicted molar refractivity (Wildman–Crippen MR) is 98.9 cm³/mol. The van der Waals surface area contributed by atoms with Crippen molar-refractivity contribution in [2.24, 2.45) is 0 Å². The maximum atomic E-state index is 12.1. The van der Waals surface area contributed by atoms with Gasteiger partial charge in [0, 0.05) is 44.5 Å². The Bertz CT molecular complexity index is 668. The van der Waals surface area contributed by atoms with Gasteiger partial charge in [-0.05, 0) is 43.5 Å². The van der Waals surface area contributed by atoms with E-state index in [1.165, 1.54) is 36.9 Å². The Labute approximate surface area is 150 Å². The van der Waals surface area contributed by atoms with E-state index in [1.54, 1.807) is 10.9 Å². The molecule has 1 fully saturated rings. The molecular formula is C20H28N4O. The van der Waals surface area contributed by atoms with Crippen LogP contribution in [-0.4, -0.2) is 33.2 Å². The van der Waals surface area contributed by atoms with Crippen LogP contribution in [0.3, 0.4) is 0 Å². The van der Waals surface area contributed by atoms with Crippen LogP contribution in [0, 0.1) is 0 Å². The van der Waals surface area contributed by atoms with Gasteiger partial charge in [-0.1, -0.05) is 30.7 Å². The van der Waals surface area contributed by atoms with Gasteiger partial charge in [-0.25, -0.2) is 0 Å². The number of nitrogens with one attached hydrogen (secondary N) is 1. The summed E-state index contributed by atoms with van der Waals surface area (Å²) in [6, 6.07) is 11.0. The van der Waals surface area contributed by atoms with Crippen molar-refractivity contribution in [3.63, 3.8) is 0 Å². The molecule has 0 radical (unpaired) electrons. The summed E-state index contributed by atoms with van der Waals surface area (Å²) in [5.41, 5.74) is 2.54. The molecule has 1 aliphatic heterocycles. The number of piperidine rings is 1. The molecule has 1 saturated heterocycles. The third kappa shape index (κ3) is 5.16. The van der Waals surface area contributed by atoms with Crippen LogP contribution in [0.5, 0.6) is 0 Å². The van der Waals surface area contributed by atoms with Gasteiger partial charge in [0.25, 0.3) is 0 Å². The minimum atomic E-state index is 0.0663. The summed E-state index contributed by atoms with van der Waals surface area (Å²) in [6.07, 6.45) is 7.97. The fourth-order valence-corrected chi connectivity index (χ4v) is 3.43. The number of nitrogens with zero attached hydrogens (tertiary/aromatic N) is 3. The molecule has 25 heavy (non-hydrogen) atoms. The number of rotatable bonds is 7. The van der Waals surface area contributed by atoms with E-state index >= 15 is 0 Å². The SMILES string of the molecule is CC1CCCCN1Cc1ccccc1CNC(=O)CCn1cccn1. The molecule has 1 aromatic heterocycles. The molecular weight excluding hydrogens is 312 g/mol. The van der Waals surface area contributed by atoms with E-state index in [0.29, 0.717) is 25.6 Å². The largest absolute Gasteiger partial charge is 0.352 e. The van der Waals surface area contributed by atoms with Gasteiger partial charge in [0.2, 0.25) is 5.91 Å². The van der Waals surface area contributed by atoms with Crippen LogP contribution in [-0.2, 0) is 24.4 Å². The summed E-state index contributed by atoms with van der Waals surface area (Å²) in [5.74, 6) is 0.0663. The molecule has 0 bridgehead atoms. The van der Waals surface area contributed by atoms with Crippen molar-refractivity contribution in [2.45, 2.75) is 58.3 Å². The minimum absolute atomic E-state index is 0.0663. The lowest BCUT2D eigenvalue weighted by molar-refractivity contribution is -0.121. The lowest BCUT2D eigenvalue weighted by atomic mass is 10.0. The second kappa shape index (κ2) is 8.81. The van der Waals surface area contributed by atoms with Crippen LogP contribution in [0.15, 0.2) is 42.7 Å². The zero-order valence-electron chi connectivity index (χ0n) is 15.0. The third-order valence-electron chi connectivity index (χ3n) is 5.04. The van der Waals surface area contributed by atoms with Crippen LogP contribution in [0.2, 0.25) is 0 Å². The lowest BCUT2D eigenvalue weighted by Crippen LogP contribution is -2.37. The topological polar surface area (TPSA) is 50.2 Å². The van der Waals surface area contributed by atoms with E-state index < -0.39 is 0 Å². The Morgan fingerprint density at radius 2 is 2.08 bits per heavy atom. The summed E-state index contributed by atoms with van der Waals surface area (Å²) in [4.78, 5) is 14.7. The Morgan fingerprint density at radius 1 is 1.24 bits per heavy atom. The smallest absolute Gasteiger partial charge is 0.222 e. The minimum Gasteiger partial charge on any atom is -0.352 e. The number of hydrogen-bond donors (Lipinski definition) is 1.